The highest BCUT2D eigenvalue weighted by atomic mass is 28.4. The lowest BCUT2D eigenvalue weighted by atomic mass is 10.1. The maximum Gasteiger partial charge on any atom is 0.417 e. The third-order valence-electron chi connectivity index (χ3n) is 8.59. The molecule has 0 aromatic heterocycles. The quantitative estimate of drug-likeness (QED) is 0.165. The van der Waals surface area contributed by atoms with Crippen LogP contribution in [0, 0.1) is 0 Å². The first-order valence-electron chi connectivity index (χ1n) is 15.4. The molecule has 0 spiro atoms. The molecule has 2 aromatic carbocycles. The van der Waals surface area contributed by atoms with E-state index in [1.165, 1.54) is 4.90 Å². The third-order valence-corrected chi connectivity index (χ3v) is 18.1. The molecule has 8 heteroatoms. The minimum atomic E-state index is -2.87. The summed E-state index contributed by atoms with van der Waals surface area (Å²) in [5.41, 5.74) is -0.120. The van der Waals surface area contributed by atoms with E-state index in [0.717, 1.165) is 10.4 Å². The number of carbonyl (C=O) groups excluding carboxylic acids is 2. The van der Waals surface area contributed by atoms with Gasteiger partial charge in [-0.2, -0.15) is 0 Å². The van der Waals surface area contributed by atoms with E-state index in [4.69, 9.17) is 13.6 Å². The fourth-order valence-electron chi connectivity index (χ4n) is 5.35. The summed E-state index contributed by atoms with van der Waals surface area (Å²) in [5, 5.41) is 2.19. The van der Waals surface area contributed by atoms with E-state index in [0.29, 0.717) is 25.0 Å². The largest absolute Gasteiger partial charge is 0.443 e. The summed E-state index contributed by atoms with van der Waals surface area (Å²) in [5.74, 6) is -0.308. The van der Waals surface area contributed by atoms with Gasteiger partial charge < -0.3 is 13.6 Å². The number of hydrogen-bond donors (Lipinski definition) is 0. The number of ether oxygens (including phenoxy) is 1. The molecular formula is C35H53NO5Si2. The molecule has 1 atom stereocenters. The van der Waals surface area contributed by atoms with Crippen molar-refractivity contribution >= 4 is 39.0 Å². The normalized spacial score (nSPS) is 17.9. The number of carbonyl (C=O) groups is 2. The molecule has 0 N–H and O–H groups in total. The summed E-state index contributed by atoms with van der Waals surface area (Å²) in [6.07, 6.45) is 2.33. The van der Waals surface area contributed by atoms with Crippen LogP contribution in [0.3, 0.4) is 0 Å². The van der Waals surface area contributed by atoms with E-state index in [1.807, 2.05) is 63.2 Å². The van der Waals surface area contributed by atoms with E-state index in [2.05, 4.69) is 78.9 Å². The lowest BCUT2D eigenvalue weighted by Gasteiger charge is -2.43. The van der Waals surface area contributed by atoms with Gasteiger partial charge in [-0.05, 0) is 60.7 Å². The first-order chi connectivity index (χ1) is 19.8. The van der Waals surface area contributed by atoms with Crippen LogP contribution in [-0.2, 0) is 18.4 Å². The Hall–Kier alpha value is -2.53. The van der Waals surface area contributed by atoms with Gasteiger partial charge in [-0.15, -0.1) is 0 Å². The number of amides is 2. The van der Waals surface area contributed by atoms with Crippen molar-refractivity contribution < 1.29 is 23.2 Å². The van der Waals surface area contributed by atoms with Gasteiger partial charge >= 0.3 is 6.09 Å². The maximum atomic E-state index is 13.7. The molecule has 2 amide bonds. The zero-order chi connectivity index (χ0) is 32.3. The van der Waals surface area contributed by atoms with Gasteiger partial charge in [0.05, 0.1) is 12.6 Å². The van der Waals surface area contributed by atoms with Crippen LogP contribution in [0.15, 0.2) is 72.3 Å². The van der Waals surface area contributed by atoms with Crippen LogP contribution in [0.5, 0.6) is 0 Å². The summed E-state index contributed by atoms with van der Waals surface area (Å²) >= 11 is 0. The van der Waals surface area contributed by atoms with Gasteiger partial charge in [0.2, 0.25) is 0 Å². The van der Waals surface area contributed by atoms with Gasteiger partial charge in [-0.25, -0.2) is 9.69 Å². The van der Waals surface area contributed by atoms with Gasteiger partial charge in [-0.3, -0.25) is 4.79 Å². The monoisotopic (exact) mass is 623 g/mol. The number of imide groups is 1. The van der Waals surface area contributed by atoms with Gasteiger partial charge in [-0.1, -0.05) is 108 Å². The molecule has 0 radical (unpaired) electrons. The Balaban J connectivity index is 1.95. The van der Waals surface area contributed by atoms with Crippen molar-refractivity contribution in [3.05, 3.63) is 72.3 Å². The molecule has 2 aromatic rings. The van der Waals surface area contributed by atoms with Crippen molar-refractivity contribution in [3.63, 3.8) is 0 Å². The van der Waals surface area contributed by atoms with Crippen molar-refractivity contribution in [2.75, 3.05) is 13.2 Å². The smallest absolute Gasteiger partial charge is 0.417 e. The summed E-state index contributed by atoms with van der Waals surface area (Å²) in [7, 11) is -4.77. The van der Waals surface area contributed by atoms with Crippen molar-refractivity contribution in [1.82, 2.24) is 4.90 Å². The Morgan fingerprint density at radius 2 is 1.35 bits per heavy atom. The Labute approximate surface area is 262 Å². The van der Waals surface area contributed by atoms with Crippen LogP contribution in [-0.4, -0.2) is 58.4 Å². The molecule has 0 saturated carbocycles. The molecule has 1 saturated heterocycles. The number of hydrogen-bond acceptors (Lipinski definition) is 5. The van der Waals surface area contributed by atoms with Crippen LogP contribution < -0.4 is 10.4 Å². The van der Waals surface area contributed by atoms with Crippen molar-refractivity contribution in [1.29, 1.82) is 0 Å². The average Bonchev–Trinajstić information content (AvgIpc) is 3.21. The average molecular weight is 624 g/mol. The fourth-order valence-corrected chi connectivity index (χ4v) is 11.0. The third kappa shape index (κ3) is 8.15. The van der Waals surface area contributed by atoms with E-state index in [1.54, 1.807) is 0 Å². The highest BCUT2D eigenvalue weighted by Crippen LogP contribution is 2.39. The molecule has 1 aliphatic heterocycles. The number of likely N-dealkylation sites (tertiary alicyclic amines) is 1. The van der Waals surface area contributed by atoms with Crippen LogP contribution in [0.25, 0.3) is 0 Å². The standard InChI is InChI=1S/C35H53NO5Si2/c1-33(2,3)41-32(38)36-28(25-27(31(36)37)19-18-24-39-42(10,11)34(4,5)6)26-40-43(35(7,8)9,29-20-14-12-15-21-29)30-22-16-13-17-23-30/h12-17,19-23,28H,18,24-26H2,1-11H3/b27-19+/t28-/m0/s1. The van der Waals surface area contributed by atoms with Gasteiger partial charge in [0.1, 0.15) is 5.60 Å². The summed E-state index contributed by atoms with van der Waals surface area (Å²) in [6.45, 7) is 24.0. The molecule has 6 nitrogen and oxygen atoms in total. The predicted molar refractivity (Wildman–Crippen MR) is 181 cm³/mol. The SMILES string of the molecule is CC(C)(C)OC(=O)N1C(=O)/C(=C/CCO[Si](C)(C)C(C)(C)C)C[C@H]1CO[Si](c1ccccc1)(c1ccccc1)C(C)(C)C. The number of rotatable bonds is 9. The van der Waals surface area contributed by atoms with E-state index >= 15 is 0 Å². The predicted octanol–water partition coefficient (Wildman–Crippen LogP) is 7.44. The Kier molecular flexibility index (Phi) is 10.8. The molecule has 0 aliphatic carbocycles. The molecule has 236 valence electrons. The second kappa shape index (κ2) is 13.2. The lowest BCUT2D eigenvalue weighted by Crippen LogP contribution is -2.67. The minimum Gasteiger partial charge on any atom is -0.443 e. The highest BCUT2D eigenvalue weighted by Gasteiger charge is 2.52. The molecule has 43 heavy (non-hydrogen) atoms. The van der Waals surface area contributed by atoms with Crippen molar-refractivity contribution in [3.8, 4) is 0 Å². The summed E-state index contributed by atoms with van der Waals surface area (Å²) < 4.78 is 19.2. The Morgan fingerprint density at radius 1 is 0.837 bits per heavy atom. The van der Waals surface area contributed by atoms with Crippen molar-refractivity contribution in [2.45, 2.75) is 110 Å². The lowest BCUT2D eigenvalue weighted by molar-refractivity contribution is -0.125. The van der Waals surface area contributed by atoms with Gasteiger partial charge in [0.25, 0.3) is 14.2 Å². The van der Waals surface area contributed by atoms with Gasteiger partial charge in [0.15, 0.2) is 8.32 Å². The molecule has 3 rings (SSSR count). The fraction of sp³-hybridized carbons (Fsp3) is 0.543. The molecule has 1 aliphatic rings. The van der Waals surface area contributed by atoms with E-state index < -0.39 is 34.4 Å². The molecule has 0 unspecified atom stereocenters. The van der Waals surface area contributed by atoms with Crippen molar-refractivity contribution in [2.24, 2.45) is 0 Å². The van der Waals surface area contributed by atoms with E-state index in [9.17, 15) is 9.59 Å². The summed E-state index contributed by atoms with van der Waals surface area (Å²) in [4.78, 5) is 28.5. The van der Waals surface area contributed by atoms with Gasteiger partial charge in [0, 0.05) is 18.6 Å². The molecule has 0 bridgehead atoms. The minimum absolute atomic E-state index is 0.111. The summed E-state index contributed by atoms with van der Waals surface area (Å²) in [6, 6.07) is 20.3. The number of benzene rings is 2. The highest BCUT2D eigenvalue weighted by molar-refractivity contribution is 6.99. The first-order valence-corrected chi connectivity index (χ1v) is 20.3. The van der Waals surface area contributed by atoms with Crippen LogP contribution in [0.1, 0.15) is 75.2 Å². The molecule has 1 fully saturated rings. The van der Waals surface area contributed by atoms with Crippen LogP contribution in [0.2, 0.25) is 23.2 Å². The van der Waals surface area contributed by atoms with Crippen LogP contribution >= 0.6 is 0 Å². The second-order valence-electron chi connectivity index (χ2n) is 15.1. The zero-order valence-corrected chi connectivity index (χ0v) is 30.2. The first kappa shape index (κ1) is 35.0. The Bertz CT molecular complexity index is 1230. The Morgan fingerprint density at radius 3 is 1.79 bits per heavy atom. The topological polar surface area (TPSA) is 65.1 Å². The van der Waals surface area contributed by atoms with Crippen LogP contribution in [0.4, 0.5) is 4.79 Å². The maximum absolute atomic E-state index is 13.7. The van der Waals surface area contributed by atoms with E-state index in [-0.39, 0.29) is 22.6 Å². The molecular weight excluding hydrogens is 571 g/mol. The number of nitrogens with zero attached hydrogens (tertiary/aromatic N) is 1. The zero-order valence-electron chi connectivity index (χ0n) is 28.2. The molecule has 1 heterocycles. The second-order valence-corrected chi connectivity index (χ2v) is 24.2.